The molecule has 3 aliphatic rings. The van der Waals surface area contributed by atoms with Gasteiger partial charge in [-0.1, -0.05) is 30.3 Å². The van der Waals surface area contributed by atoms with E-state index in [4.69, 9.17) is 0 Å². The van der Waals surface area contributed by atoms with Crippen molar-refractivity contribution < 1.29 is 4.79 Å². The molecule has 2 saturated heterocycles. The largest absolute Gasteiger partial charge is 0.364 e. The summed E-state index contributed by atoms with van der Waals surface area (Å²) in [5.74, 6) is 0.555. The average molecular weight is 433 g/mol. The minimum Gasteiger partial charge on any atom is -0.364 e. The van der Waals surface area contributed by atoms with E-state index in [-0.39, 0.29) is 5.91 Å². The molecule has 0 aliphatic carbocycles. The first kappa shape index (κ1) is 21.5. The van der Waals surface area contributed by atoms with E-state index in [0.29, 0.717) is 18.0 Å². The van der Waals surface area contributed by atoms with Crippen LogP contribution in [0.4, 0.5) is 5.69 Å². The second-order valence-corrected chi connectivity index (χ2v) is 9.46. The number of carbonyl (C=O) groups is 1. The van der Waals surface area contributed by atoms with Crippen LogP contribution in [-0.2, 0) is 0 Å². The lowest BCUT2D eigenvalue weighted by Gasteiger charge is -2.50. The fourth-order valence-electron chi connectivity index (χ4n) is 6.06. The molecular weight excluding hydrogens is 396 g/mol. The predicted molar refractivity (Wildman–Crippen MR) is 130 cm³/mol. The minimum atomic E-state index is 0.0487. The highest BCUT2D eigenvalue weighted by Gasteiger charge is 2.42. The first-order valence-electron chi connectivity index (χ1n) is 12.5. The van der Waals surface area contributed by atoms with Gasteiger partial charge in [-0.25, -0.2) is 0 Å². The Kier molecular flexibility index (Phi) is 6.47. The zero-order valence-corrected chi connectivity index (χ0v) is 19.2. The van der Waals surface area contributed by atoms with Crippen LogP contribution >= 0.6 is 0 Å². The molecule has 0 aromatic heterocycles. The molecule has 5 nitrogen and oxygen atoms in total. The SMILES string of the molecule is CCN1c2ccc(C(=O)NCCN3CCCC3)cc2[C@H]2NCCC[C@H]2C1c1ccccc1. The zero-order chi connectivity index (χ0) is 21.9. The van der Waals surface area contributed by atoms with Gasteiger partial charge in [-0.3, -0.25) is 4.79 Å². The molecule has 170 valence electrons. The molecule has 0 saturated carbocycles. The lowest BCUT2D eigenvalue weighted by Crippen LogP contribution is -2.47. The second-order valence-electron chi connectivity index (χ2n) is 9.46. The second kappa shape index (κ2) is 9.63. The number of likely N-dealkylation sites (tertiary alicyclic amines) is 1. The van der Waals surface area contributed by atoms with Gasteiger partial charge < -0.3 is 20.4 Å². The maximum atomic E-state index is 12.9. The molecule has 1 unspecified atom stereocenters. The van der Waals surface area contributed by atoms with Crippen molar-refractivity contribution in [1.29, 1.82) is 0 Å². The molecule has 2 fully saturated rings. The number of carbonyl (C=O) groups excluding carboxylic acids is 1. The first-order chi connectivity index (χ1) is 15.8. The van der Waals surface area contributed by atoms with Crippen LogP contribution in [0.2, 0.25) is 0 Å². The van der Waals surface area contributed by atoms with Gasteiger partial charge in [-0.2, -0.15) is 0 Å². The Morgan fingerprint density at radius 3 is 2.69 bits per heavy atom. The molecule has 3 heterocycles. The topological polar surface area (TPSA) is 47.6 Å². The van der Waals surface area contributed by atoms with E-state index in [1.807, 2.05) is 6.07 Å². The molecule has 0 spiro atoms. The number of benzene rings is 2. The standard InChI is InChI=1S/C27H36N4O/c1-2-31-24-13-12-21(27(32)29-15-18-30-16-6-7-17-30)19-23(24)25-22(11-8-14-28-25)26(31)20-9-4-3-5-10-20/h3-5,9-10,12-13,19,22,25-26,28H,2,6-8,11,14-18H2,1H3,(H,29,32)/t22-,25+,26?/m1/s1. The number of amides is 1. The lowest BCUT2D eigenvalue weighted by molar-refractivity contribution is 0.0949. The highest BCUT2D eigenvalue weighted by Crippen LogP contribution is 2.50. The summed E-state index contributed by atoms with van der Waals surface area (Å²) < 4.78 is 0. The summed E-state index contributed by atoms with van der Waals surface area (Å²) >= 11 is 0. The van der Waals surface area contributed by atoms with E-state index < -0.39 is 0 Å². The lowest BCUT2D eigenvalue weighted by atomic mass is 9.74. The van der Waals surface area contributed by atoms with E-state index in [9.17, 15) is 4.79 Å². The Morgan fingerprint density at radius 1 is 1.09 bits per heavy atom. The highest BCUT2D eigenvalue weighted by atomic mass is 16.1. The van der Waals surface area contributed by atoms with Crippen LogP contribution in [0.25, 0.3) is 0 Å². The number of rotatable bonds is 6. The molecule has 3 atom stereocenters. The molecule has 2 aromatic carbocycles. The minimum absolute atomic E-state index is 0.0487. The fraction of sp³-hybridized carbons (Fsp3) is 0.519. The number of fused-ring (bicyclic) bond motifs is 3. The van der Waals surface area contributed by atoms with Crippen molar-refractivity contribution in [3.8, 4) is 0 Å². The summed E-state index contributed by atoms with van der Waals surface area (Å²) in [5, 5.41) is 6.95. The van der Waals surface area contributed by atoms with E-state index >= 15 is 0 Å². The van der Waals surface area contributed by atoms with E-state index in [1.165, 1.54) is 55.6 Å². The first-order valence-corrected chi connectivity index (χ1v) is 12.5. The van der Waals surface area contributed by atoms with Crippen LogP contribution in [0.3, 0.4) is 0 Å². The van der Waals surface area contributed by atoms with Gasteiger partial charge in [0.1, 0.15) is 0 Å². The molecule has 1 amide bonds. The number of hydrogen-bond acceptors (Lipinski definition) is 4. The maximum absolute atomic E-state index is 12.9. The number of nitrogens with zero attached hydrogens (tertiary/aromatic N) is 2. The summed E-state index contributed by atoms with van der Waals surface area (Å²) in [7, 11) is 0. The van der Waals surface area contributed by atoms with Crippen LogP contribution in [0.15, 0.2) is 48.5 Å². The fourth-order valence-corrected chi connectivity index (χ4v) is 6.06. The molecule has 0 bridgehead atoms. The summed E-state index contributed by atoms with van der Waals surface area (Å²) in [5.41, 5.74) is 4.73. The molecule has 3 aliphatic heterocycles. The van der Waals surface area contributed by atoms with Crippen LogP contribution in [0, 0.1) is 5.92 Å². The third kappa shape index (κ3) is 4.16. The van der Waals surface area contributed by atoms with E-state index in [1.54, 1.807) is 0 Å². The van der Waals surface area contributed by atoms with Crippen molar-refractivity contribution >= 4 is 11.6 Å². The van der Waals surface area contributed by atoms with Crippen LogP contribution in [0.5, 0.6) is 0 Å². The smallest absolute Gasteiger partial charge is 0.251 e. The Bertz CT molecular complexity index is 925. The molecular formula is C27H36N4O. The zero-order valence-electron chi connectivity index (χ0n) is 19.2. The summed E-state index contributed by atoms with van der Waals surface area (Å²) in [4.78, 5) is 17.9. The predicted octanol–water partition coefficient (Wildman–Crippen LogP) is 4.13. The van der Waals surface area contributed by atoms with Crippen molar-refractivity contribution in [2.45, 2.75) is 44.7 Å². The quantitative estimate of drug-likeness (QED) is 0.721. The highest BCUT2D eigenvalue weighted by molar-refractivity contribution is 5.95. The number of hydrogen-bond donors (Lipinski definition) is 2. The Morgan fingerprint density at radius 2 is 1.91 bits per heavy atom. The molecule has 2 N–H and O–H groups in total. The van der Waals surface area contributed by atoms with Crippen LogP contribution in [-0.4, -0.2) is 50.1 Å². The van der Waals surface area contributed by atoms with E-state index in [2.05, 4.69) is 69.8 Å². The number of piperidine rings is 1. The van der Waals surface area contributed by atoms with Gasteiger partial charge in [0.2, 0.25) is 0 Å². The van der Waals surface area contributed by atoms with Crippen LogP contribution < -0.4 is 15.5 Å². The summed E-state index contributed by atoms with van der Waals surface area (Å²) in [6, 6.07) is 17.9. The van der Waals surface area contributed by atoms with Crippen molar-refractivity contribution in [2.24, 2.45) is 5.92 Å². The number of nitrogens with one attached hydrogen (secondary N) is 2. The van der Waals surface area contributed by atoms with Gasteiger partial charge in [0, 0.05) is 42.8 Å². The van der Waals surface area contributed by atoms with Crippen molar-refractivity contribution in [1.82, 2.24) is 15.5 Å². The summed E-state index contributed by atoms with van der Waals surface area (Å²) in [6.07, 6.45) is 4.98. The molecule has 0 radical (unpaired) electrons. The van der Waals surface area contributed by atoms with Crippen molar-refractivity contribution in [3.63, 3.8) is 0 Å². The van der Waals surface area contributed by atoms with Gasteiger partial charge in [0.25, 0.3) is 5.91 Å². The number of anilines is 1. The van der Waals surface area contributed by atoms with Gasteiger partial charge in [-0.05, 0) is 81.6 Å². The molecule has 32 heavy (non-hydrogen) atoms. The van der Waals surface area contributed by atoms with Crippen molar-refractivity contribution in [3.05, 3.63) is 65.2 Å². The third-order valence-electron chi connectivity index (χ3n) is 7.58. The van der Waals surface area contributed by atoms with Gasteiger partial charge in [0.15, 0.2) is 0 Å². The summed E-state index contributed by atoms with van der Waals surface area (Å²) in [6.45, 7) is 8.24. The maximum Gasteiger partial charge on any atom is 0.251 e. The molecule has 5 rings (SSSR count). The molecule has 5 heteroatoms. The van der Waals surface area contributed by atoms with Gasteiger partial charge in [0.05, 0.1) is 6.04 Å². The van der Waals surface area contributed by atoms with Crippen LogP contribution in [0.1, 0.15) is 66.2 Å². The monoisotopic (exact) mass is 432 g/mol. The van der Waals surface area contributed by atoms with Gasteiger partial charge >= 0.3 is 0 Å². The average Bonchev–Trinajstić information content (AvgIpc) is 3.37. The van der Waals surface area contributed by atoms with E-state index in [0.717, 1.165) is 31.7 Å². The van der Waals surface area contributed by atoms with Crippen molar-refractivity contribution in [2.75, 3.05) is 44.2 Å². The molecule has 2 aromatic rings. The third-order valence-corrected chi connectivity index (χ3v) is 7.58. The van der Waals surface area contributed by atoms with Gasteiger partial charge in [-0.15, -0.1) is 0 Å². The normalized spacial score (nSPS) is 25.3. The Hall–Kier alpha value is -2.37. The Balaban J connectivity index is 1.40. The Labute approximate surface area is 192 Å².